The molecule has 1 aromatic carbocycles. The van der Waals surface area contributed by atoms with Gasteiger partial charge in [0.15, 0.2) is 6.29 Å². The molecule has 1 aromatic heterocycles. The number of carbonyl (C=O) groups excluding carboxylic acids is 1. The third kappa shape index (κ3) is 1.20. The van der Waals surface area contributed by atoms with Gasteiger partial charge in [0.25, 0.3) is 0 Å². The van der Waals surface area contributed by atoms with E-state index in [1.165, 1.54) is 11.3 Å². The Labute approximate surface area is 83.4 Å². The van der Waals surface area contributed by atoms with Gasteiger partial charge >= 0.3 is 0 Å². The molecule has 0 amide bonds. The van der Waals surface area contributed by atoms with Gasteiger partial charge in [-0.05, 0) is 12.1 Å². The third-order valence-electron chi connectivity index (χ3n) is 1.81. The molecule has 0 aliphatic heterocycles. The lowest BCUT2D eigenvalue weighted by Crippen LogP contribution is -1.79. The van der Waals surface area contributed by atoms with E-state index in [1.807, 2.05) is 0 Å². The summed E-state index contributed by atoms with van der Waals surface area (Å²) in [6.45, 7) is 0. The molecular weight excluding hydrogens is 208 g/mol. The first-order valence-electron chi connectivity index (χ1n) is 3.58. The van der Waals surface area contributed by atoms with Crippen molar-refractivity contribution in [1.82, 2.24) is 0 Å². The Kier molecular flexibility index (Phi) is 1.98. The largest absolute Gasteiger partial charge is 0.506 e. The van der Waals surface area contributed by atoms with Gasteiger partial charge in [0.2, 0.25) is 0 Å². The second-order valence-corrected chi connectivity index (χ2v) is 3.87. The summed E-state index contributed by atoms with van der Waals surface area (Å²) >= 11 is 7.18. The maximum absolute atomic E-state index is 10.6. The van der Waals surface area contributed by atoms with Gasteiger partial charge in [0, 0.05) is 10.9 Å². The molecule has 66 valence electrons. The fourth-order valence-electron chi connectivity index (χ4n) is 1.21. The quantitative estimate of drug-likeness (QED) is 0.738. The average molecular weight is 213 g/mol. The molecule has 0 atom stereocenters. The number of aldehydes is 1. The smallest absolute Gasteiger partial charge is 0.151 e. The number of halogens is 1. The highest BCUT2D eigenvalue weighted by atomic mass is 35.5. The summed E-state index contributed by atoms with van der Waals surface area (Å²) in [6, 6.07) is 3.26. The summed E-state index contributed by atoms with van der Waals surface area (Å²) in [7, 11) is 0. The van der Waals surface area contributed by atoms with Crippen LogP contribution in [0.15, 0.2) is 17.5 Å². The molecule has 4 heteroatoms. The number of hydrogen-bond donors (Lipinski definition) is 1. The first kappa shape index (κ1) is 8.53. The zero-order valence-corrected chi connectivity index (χ0v) is 8.02. The molecule has 0 saturated carbocycles. The molecule has 0 spiro atoms. The van der Waals surface area contributed by atoms with E-state index in [9.17, 15) is 9.90 Å². The van der Waals surface area contributed by atoms with Crippen molar-refractivity contribution in [1.29, 1.82) is 0 Å². The topological polar surface area (TPSA) is 37.3 Å². The van der Waals surface area contributed by atoms with Crippen LogP contribution in [0.3, 0.4) is 0 Å². The van der Waals surface area contributed by atoms with Crippen LogP contribution >= 0.6 is 22.9 Å². The lowest BCUT2D eigenvalue weighted by molar-refractivity contribution is 0.112. The molecule has 0 aliphatic carbocycles. The fourth-order valence-corrected chi connectivity index (χ4v) is 2.45. The van der Waals surface area contributed by atoms with E-state index in [0.29, 0.717) is 16.0 Å². The van der Waals surface area contributed by atoms with Crippen LogP contribution in [0.5, 0.6) is 5.75 Å². The molecule has 0 saturated heterocycles. The first-order valence-corrected chi connectivity index (χ1v) is 4.83. The highest BCUT2D eigenvalue weighted by Crippen LogP contribution is 2.37. The lowest BCUT2D eigenvalue weighted by atomic mass is 10.2. The summed E-state index contributed by atoms with van der Waals surface area (Å²) < 4.78 is 0.736. The minimum Gasteiger partial charge on any atom is -0.506 e. The standard InChI is InChI=1S/C9H5ClO2S/c10-6-2-1-5(3-11)9-8(6)7(12)4-13-9/h1-4,12H. The molecule has 1 heterocycles. The van der Waals surface area contributed by atoms with Crippen molar-refractivity contribution in [3.05, 3.63) is 28.1 Å². The Balaban J connectivity index is 2.95. The minimum atomic E-state index is 0.133. The molecule has 2 nitrogen and oxygen atoms in total. The highest BCUT2D eigenvalue weighted by molar-refractivity contribution is 7.18. The van der Waals surface area contributed by atoms with Crippen LogP contribution < -0.4 is 0 Å². The third-order valence-corrected chi connectivity index (χ3v) is 3.14. The number of benzene rings is 1. The zero-order chi connectivity index (χ0) is 9.42. The summed E-state index contributed by atoms with van der Waals surface area (Å²) in [5, 5.41) is 12.0. The van der Waals surface area contributed by atoms with Gasteiger partial charge in [-0.2, -0.15) is 0 Å². The van der Waals surface area contributed by atoms with Crippen molar-refractivity contribution in [3.63, 3.8) is 0 Å². The van der Waals surface area contributed by atoms with Crippen LogP contribution in [0.25, 0.3) is 10.1 Å². The van der Waals surface area contributed by atoms with E-state index in [2.05, 4.69) is 0 Å². The van der Waals surface area contributed by atoms with Gasteiger partial charge in [-0.15, -0.1) is 11.3 Å². The van der Waals surface area contributed by atoms with Crippen LogP contribution in [-0.4, -0.2) is 11.4 Å². The van der Waals surface area contributed by atoms with E-state index in [-0.39, 0.29) is 5.75 Å². The molecule has 0 fully saturated rings. The van der Waals surface area contributed by atoms with E-state index in [0.717, 1.165) is 11.0 Å². The number of hydrogen-bond acceptors (Lipinski definition) is 3. The van der Waals surface area contributed by atoms with Gasteiger partial charge in [0.1, 0.15) is 5.75 Å². The summed E-state index contributed by atoms with van der Waals surface area (Å²) in [6.07, 6.45) is 0.759. The van der Waals surface area contributed by atoms with Crippen LogP contribution in [0.4, 0.5) is 0 Å². The summed E-state index contributed by atoms with van der Waals surface area (Å²) in [5.74, 6) is 0.133. The minimum absolute atomic E-state index is 0.133. The second-order valence-electron chi connectivity index (χ2n) is 2.58. The van der Waals surface area contributed by atoms with Gasteiger partial charge in [-0.25, -0.2) is 0 Å². The number of rotatable bonds is 1. The molecule has 13 heavy (non-hydrogen) atoms. The van der Waals surface area contributed by atoms with Crippen LogP contribution in [0, 0.1) is 0 Å². The van der Waals surface area contributed by atoms with Gasteiger partial charge in [-0.1, -0.05) is 11.6 Å². The van der Waals surface area contributed by atoms with E-state index < -0.39 is 0 Å². The number of thiophene rings is 1. The van der Waals surface area contributed by atoms with Crippen molar-refractivity contribution < 1.29 is 9.90 Å². The average Bonchev–Trinajstić information content (AvgIpc) is 2.50. The Morgan fingerprint density at radius 1 is 1.46 bits per heavy atom. The first-order chi connectivity index (χ1) is 6.24. The molecule has 2 aromatic rings. The van der Waals surface area contributed by atoms with Crippen molar-refractivity contribution >= 4 is 39.3 Å². The Bertz CT molecular complexity index is 476. The van der Waals surface area contributed by atoms with E-state index in [4.69, 9.17) is 11.6 Å². The number of aromatic hydroxyl groups is 1. The van der Waals surface area contributed by atoms with Crippen LogP contribution in [0.1, 0.15) is 10.4 Å². The van der Waals surface area contributed by atoms with Crippen molar-refractivity contribution in [2.24, 2.45) is 0 Å². The summed E-state index contributed by atoms with van der Waals surface area (Å²) in [5.41, 5.74) is 0.560. The SMILES string of the molecule is O=Cc1ccc(Cl)c2c(O)csc12. The van der Waals surface area contributed by atoms with Gasteiger partial charge in [0.05, 0.1) is 15.1 Å². The Hall–Kier alpha value is -1.06. The number of fused-ring (bicyclic) bond motifs is 1. The molecule has 0 unspecified atom stereocenters. The zero-order valence-electron chi connectivity index (χ0n) is 6.45. The van der Waals surface area contributed by atoms with E-state index in [1.54, 1.807) is 17.5 Å². The predicted molar refractivity (Wildman–Crippen MR) is 53.9 cm³/mol. The van der Waals surface area contributed by atoms with Crippen LogP contribution in [-0.2, 0) is 0 Å². The molecular formula is C9H5ClO2S. The van der Waals surface area contributed by atoms with Gasteiger partial charge < -0.3 is 5.11 Å². The highest BCUT2D eigenvalue weighted by Gasteiger charge is 2.09. The second kappa shape index (κ2) is 3.01. The van der Waals surface area contributed by atoms with Gasteiger partial charge in [-0.3, -0.25) is 4.79 Å². The fraction of sp³-hybridized carbons (Fsp3) is 0. The van der Waals surface area contributed by atoms with E-state index >= 15 is 0 Å². The Morgan fingerprint density at radius 2 is 2.23 bits per heavy atom. The predicted octanol–water partition coefficient (Wildman–Crippen LogP) is 3.07. The number of carbonyl (C=O) groups is 1. The normalized spacial score (nSPS) is 10.5. The maximum Gasteiger partial charge on any atom is 0.151 e. The molecule has 0 bridgehead atoms. The molecule has 1 N–H and O–H groups in total. The van der Waals surface area contributed by atoms with Crippen LogP contribution in [0.2, 0.25) is 5.02 Å². The lowest BCUT2D eigenvalue weighted by Gasteiger charge is -1.96. The molecule has 0 radical (unpaired) electrons. The van der Waals surface area contributed by atoms with Crippen molar-refractivity contribution in [3.8, 4) is 5.75 Å². The Morgan fingerprint density at radius 3 is 2.92 bits per heavy atom. The van der Waals surface area contributed by atoms with Crippen molar-refractivity contribution in [2.75, 3.05) is 0 Å². The summed E-state index contributed by atoms with van der Waals surface area (Å²) in [4.78, 5) is 10.6. The monoisotopic (exact) mass is 212 g/mol. The molecule has 2 rings (SSSR count). The molecule has 0 aliphatic rings. The van der Waals surface area contributed by atoms with Crippen molar-refractivity contribution in [2.45, 2.75) is 0 Å². The maximum atomic E-state index is 10.6.